The number of hydrogen-bond acceptors (Lipinski definition) is 5. The molecule has 2 N–H and O–H groups in total. The van der Waals surface area contributed by atoms with Gasteiger partial charge >= 0.3 is 11.9 Å². The van der Waals surface area contributed by atoms with Gasteiger partial charge in [-0.3, -0.25) is 4.79 Å². The van der Waals surface area contributed by atoms with Crippen molar-refractivity contribution < 1.29 is 34.1 Å². The summed E-state index contributed by atoms with van der Waals surface area (Å²) in [6.45, 7) is 0. The summed E-state index contributed by atoms with van der Waals surface area (Å²) in [6, 6.07) is 14.2. The van der Waals surface area contributed by atoms with Gasteiger partial charge in [-0.15, -0.1) is 0 Å². The van der Waals surface area contributed by atoms with Gasteiger partial charge in [0.2, 0.25) is 6.10 Å². The quantitative estimate of drug-likeness (QED) is 0.836. The third-order valence-electron chi connectivity index (χ3n) is 4.30. The van der Waals surface area contributed by atoms with Crippen LogP contribution in [0.1, 0.15) is 28.8 Å². The normalized spacial score (nSPS) is 19.9. The number of benzene rings is 2. The molecule has 0 radical (unpaired) electrons. The molecule has 0 unspecified atom stereocenters. The first-order valence-corrected chi connectivity index (χ1v) is 8.44. The molecule has 27 heavy (non-hydrogen) atoms. The summed E-state index contributed by atoms with van der Waals surface area (Å²) in [5, 5.41) is 17.4. The molecule has 0 aromatic heterocycles. The van der Waals surface area contributed by atoms with E-state index in [1.54, 1.807) is 24.3 Å². The number of carboxylic acids is 2. The topological polar surface area (TPSA) is 110 Å². The minimum absolute atomic E-state index is 0.0909. The molecule has 2 heterocycles. The monoisotopic (exact) mass is 370 g/mol. The summed E-state index contributed by atoms with van der Waals surface area (Å²) in [5.41, 5.74) is 1.56. The van der Waals surface area contributed by atoms with Crippen LogP contribution in [0, 0.1) is 0 Å². The van der Waals surface area contributed by atoms with Crippen LogP contribution in [0.25, 0.3) is 0 Å². The Labute approximate surface area is 155 Å². The van der Waals surface area contributed by atoms with Crippen molar-refractivity contribution in [1.82, 2.24) is 0 Å². The lowest BCUT2D eigenvalue weighted by atomic mass is 10.0. The minimum Gasteiger partial charge on any atom is -0.479 e. The number of aliphatic carboxylic acids is 2. The summed E-state index contributed by atoms with van der Waals surface area (Å²) in [4.78, 5) is 32.7. The van der Waals surface area contributed by atoms with E-state index in [0.717, 1.165) is 12.0 Å². The first kappa shape index (κ1) is 18.4. The molecule has 0 saturated carbocycles. The largest absolute Gasteiger partial charge is 0.479 e. The molecule has 4 rings (SSSR count). The highest BCUT2D eigenvalue weighted by molar-refractivity contribution is 6.02. The molecule has 7 heteroatoms. The summed E-state index contributed by atoms with van der Waals surface area (Å²) in [6.07, 6.45) is -0.460. The Morgan fingerprint density at radius 3 is 2.15 bits per heavy atom. The van der Waals surface area contributed by atoms with Crippen LogP contribution in [0.3, 0.4) is 0 Å². The fraction of sp³-hybridized carbons (Fsp3) is 0.250. The number of carbonyl (C=O) groups excluding carboxylic acids is 1. The van der Waals surface area contributed by atoms with E-state index in [4.69, 9.17) is 19.7 Å². The molecule has 0 bridgehead atoms. The summed E-state index contributed by atoms with van der Waals surface area (Å²) in [7, 11) is 0. The van der Waals surface area contributed by atoms with E-state index in [0.29, 0.717) is 23.5 Å². The van der Waals surface area contributed by atoms with Crippen LogP contribution in [-0.4, -0.2) is 40.1 Å². The molecule has 2 aliphatic heterocycles. The zero-order valence-corrected chi connectivity index (χ0v) is 14.3. The lowest BCUT2D eigenvalue weighted by Crippen LogP contribution is -2.33. The van der Waals surface area contributed by atoms with Crippen molar-refractivity contribution in [1.29, 1.82) is 0 Å². The molecular weight excluding hydrogens is 352 g/mol. The van der Waals surface area contributed by atoms with Gasteiger partial charge in [-0.25, -0.2) is 9.59 Å². The minimum atomic E-state index is -1.10. The van der Waals surface area contributed by atoms with Gasteiger partial charge in [0.1, 0.15) is 11.5 Å². The second-order valence-corrected chi connectivity index (χ2v) is 6.16. The van der Waals surface area contributed by atoms with Crippen LogP contribution in [0.2, 0.25) is 0 Å². The second-order valence-electron chi connectivity index (χ2n) is 6.16. The van der Waals surface area contributed by atoms with Gasteiger partial charge in [-0.1, -0.05) is 30.3 Å². The second kappa shape index (κ2) is 7.90. The molecular formula is C20H18O7. The Morgan fingerprint density at radius 2 is 1.44 bits per heavy atom. The van der Waals surface area contributed by atoms with Gasteiger partial charge in [0.05, 0.1) is 12.0 Å². The van der Waals surface area contributed by atoms with Crippen molar-refractivity contribution in [2.24, 2.45) is 0 Å². The predicted octanol–water partition coefficient (Wildman–Crippen LogP) is 2.57. The summed E-state index contributed by atoms with van der Waals surface area (Å²) < 4.78 is 10.4. The SMILES string of the molecule is O=C(O)[C@@H]1CCc2ccccc2O1.O=C1C[C@@H](C(=O)O)Oc2ccccc21. The van der Waals surface area contributed by atoms with E-state index in [1.807, 2.05) is 24.3 Å². The Balaban J connectivity index is 0.000000156. The molecule has 0 aliphatic carbocycles. The van der Waals surface area contributed by atoms with Crippen molar-refractivity contribution in [2.45, 2.75) is 31.5 Å². The smallest absolute Gasteiger partial charge is 0.345 e. The van der Waals surface area contributed by atoms with Crippen LogP contribution >= 0.6 is 0 Å². The Morgan fingerprint density at radius 1 is 0.852 bits per heavy atom. The number of aryl methyl sites for hydroxylation is 1. The molecule has 0 saturated heterocycles. The van der Waals surface area contributed by atoms with Gasteiger partial charge in [-0.05, 0) is 36.6 Å². The highest BCUT2D eigenvalue weighted by Gasteiger charge is 2.30. The molecule has 2 aromatic carbocycles. The van der Waals surface area contributed by atoms with Crippen LogP contribution in [0.15, 0.2) is 48.5 Å². The Kier molecular flexibility index (Phi) is 5.40. The number of rotatable bonds is 2. The van der Waals surface area contributed by atoms with Crippen LogP contribution in [-0.2, 0) is 16.0 Å². The van der Waals surface area contributed by atoms with Crippen LogP contribution < -0.4 is 9.47 Å². The first-order chi connectivity index (χ1) is 13.0. The standard InChI is InChI=1S/C10H8O4.C10H10O3/c11-7-5-9(10(12)13)14-8-4-2-1-3-6(7)8;11-10(12)9-6-5-7-3-1-2-4-8(7)13-9/h1-4,9H,5H2,(H,12,13);1-4,9H,5-6H2,(H,11,12)/t2*9-/m00/s1. The van der Waals surface area contributed by atoms with E-state index in [2.05, 4.69) is 0 Å². The van der Waals surface area contributed by atoms with Gasteiger partial charge in [0.15, 0.2) is 11.9 Å². The molecule has 2 atom stereocenters. The van der Waals surface area contributed by atoms with E-state index >= 15 is 0 Å². The van der Waals surface area contributed by atoms with Crippen molar-refractivity contribution in [3.05, 3.63) is 59.7 Å². The summed E-state index contributed by atoms with van der Waals surface area (Å²) in [5.74, 6) is -1.10. The number of ketones is 1. The average Bonchev–Trinajstić information content (AvgIpc) is 2.68. The van der Waals surface area contributed by atoms with Crippen molar-refractivity contribution in [3.63, 3.8) is 0 Å². The zero-order valence-electron chi connectivity index (χ0n) is 14.3. The maximum Gasteiger partial charge on any atom is 0.345 e. The number of fused-ring (bicyclic) bond motifs is 2. The third kappa shape index (κ3) is 4.25. The fourth-order valence-electron chi connectivity index (χ4n) is 2.91. The highest BCUT2D eigenvalue weighted by atomic mass is 16.5. The number of para-hydroxylation sites is 2. The molecule has 0 amide bonds. The predicted molar refractivity (Wildman–Crippen MR) is 94.3 cm³/mol. The van der Waals surface area contributed by atoms with E-state index in [-0.39, 0.29) is 12.2 Å². The van der Waals surface area contributed by atoms with Crippen molar-refractivity contribution >= 4 is 17.7 Å². The van der Waals surface area contributed by atoms with Crippen molar-refractivity contribution in [2.75, 3.05) is 0 Å². The van der Waals surface area contributed by atoms with Crippen LogP contribution in [0.4, 0.5) is 0 Å². The molecule has 7 nitrogen and oxygen atoms in total. The van der Waals surface area contributed by atoms with Gasteiger partial charge in [-0.2, -0.15) is 0 Å². The lowest BCUT2D eigenvalue weighted by molar-refractivity contribution is -0.146. The highest BCUT2D eigenvalue weighted by Crippen LogP contribution is 2.27. The molecule has 0 fully saturated rings. The number of hydrogen-bond donors (Lipinski definition) is 2. The number of Topliss-reactive ketones (excluding diaryl/α,β-unsaturated/α-hetero) is 1. The first-order valence-electron chi connectivity index (χ1n) is 8.44. The maximum absolute atomic E-state index is 11.5. The van der Waals surface area contributed by atoms with E-state index in [9.17, 15) is 14.4 Å². The number of carboxylic acid groups (broad SMARTS) is 2. The average molecular weight is 370 g/mol. The third-order valence-corrected chi connectivity index (χ3v) is 4.30. The van der Waals surface area contributed by atoms with E-state index in [1.165, 1.54) is 0 Å². The number of ether oxygens (including phenoxy) is 2. The fourth-order valence-corrected chi connectivity index (χ4v) is 2.91. The van der Waals surface area contributed by atoms with E-state index < -0.39 is 24.1 Å². The number of carbonyl (C=O) groups is 3. The zero-order chi connectivity index (χ0) is 19.4. The van der Waals surface area contributed by atoms with Gasteiger partial charge < -0.3 is 19.7 Å². The maximum atomic E-state index is 11.5. The lowest BCUT2D eigenvalue weighted by Gasteiger charge is -2.22. The molecule has 0 spiro atoms. The van der Waals surface area contributed by atoms with Crippen LogP contribution in [0.5, 0.6) is 11.5 Å². The Bertz CT molecular complexity index is 874. The Hall–Kier alpha value is -3.35. The summed E-state index contributed by atoms with van der Waals surface area (Å²) >= 11 is 0. The van der Waals surface area contributed by atoms with Crippen molar-refractivity contribution in [3.8, 4) is 11.5 Å². The molecule has 140 valence electrons. The van der Waals surface area contributed by atoms with Gasteiger partial charge in [0, 0.05) is 0 Å². The molecule has 2 aliphatic rings. The molecule has 2 aromatic rings. The van der Waals surface area contributed by atoms with Gasteiger partial charge in [0.25, 0.3) is 0 Å².